The van der Waals surface area contributed by atoms with Crippen molar-refractivity contribution in [1.82, 2.24) is 9.97 Å². The highest BCUT2D eigenvalue weighted by Crippen LogP contribution is 2.56. The van der Waals surface area contributed by atoms with Crippen molar-refractivity contribution in [3.05, 3.63) is 217 Å². The Bertz CT molecular complexity index is 3120. The minimum Gasteiger partial charge on any atom is -0.228 e. The molecule has 3 heteroatoms. The summed E-state index contributed by atoms with van der Waals surface area (Å²) < 4.78 is 0. The van der Waals surface area contributed by atoms with Gasteiger partial charge in [-0.05, 0) is 110 Å². The lowest BCUT2D eigenvalue weighted by atomic mass is 9.67. The minimum absolute atomic E-state index is 0.00570. The SMILES string of the molecule is N#Cc1ccc2c(c1)C1(CCCCC1)c1cc(-c3ccc(-c4ccc(-c5cccc(-c6cc(-c7ccc(-c8ccccc8)cc7)nc(-c7ccccc7)n6)c5)cc4)cc3)ccc1-2. The van der Waals surface area contributed by atoms with Gasteiger partial charge in [-0.3, -0.25) is 0 Å². The number of benzene rings is 8. The highest BCUT2D eigenvalue weighted by Gasteiger charge is 2.44. The maximum atomic E-state index is 9.74. The molecule has 8 aromatic carbocycles. The summed E-state index contributed by atoms with van der Waals surface area (Å²) in [5.74, 6) is 0.705. The van der Waals surface area contributed by atoms with E-state index in [0.29, 0.717) is 5.82 Å². The molecule has 0 amide bonds. The Kier molecular flexibility index (Phi) is 9.48. The van der Waals surface area contributed by atoms with E-state index in [1.165, 1.54) is 74.9 Å². The quantitative estimate of drug-likeness (QED) is 0.161. The van der Waals surface area contributed by atoms with Crippen molar-refractivity contribution < 1.29 is 0 Å². The molecule has 9 aromatic rings. The third-order valence-corrected chi connectivity index (χ3v) is 13.2. The Labute approximate surface area is 363 Å². The van der Waals surface area contributed by atoms with Crippen molar-refractivity contribution in [2.75, 3.05) is 0 Å². The molecule has 3 nitrogen and oxygen atoms in total. The first-order valence-electron chi connectivity index (χ1n) is 21.7. The van der Waals surface area contributed by atoms with E-state index in [1.54, 1.807) is 0 Å². The minimum atomic E-state index is 0.00570. The van der Waals surface area contributed by atoms with Gasteiger partial charge in [-0.15, -0.1) is 0 Å². The molecule has 1 fully saturated rings. The van der Waals surface area contributed by atoms with E-state index in [0.717, 1.165) is 57.6 Å². The average Bonchev–Trinajstić information content (AvgIpc) is 3.61. The van der Waals surface area contributed by atoms with Crippen LogP contribution in [0.25, 0.3) is 89.5 Å². The first kappa shape index (κ1) is 37.3. The fourth-order valence-electron chi connectivity index (χ4n) is 9.93. The van der Waals surface area contributed by atoms with Gasteiger partial charge in [0.2, 0.25) is 0 Å². The van der Waals surface area contributed by atoms with Crippen molar-refractivity contribution in [3.63, 3.8) is 0 Å². The third kappa shape index (κ3) is 6.81. The van der Waals surface area contributed by atoms with Gasteiger partial charge in [0, 0.05) is 22.1 Å². The van der Waals surface area contributed by atoms with Crippen LogP contribution in [0.4, 0.5) is 0 Å². The third-order valence-electron chi connectivity index (χ3n) is 13.2. The smallest absolute Gasteiger partial charge is 0.160 e. The summed E-state index contributed by atoms with van der Waals surface area (Å²) in [6.45, 7) is 0. The second-order valence-corrected chi connectivity index (χ2v) is 16.8. The Morgan fingerprint density at radius 1 is 0.355 bits per heavy atom. The normalized spacial score (nSPS) is 13.6. The predicted molar refractivity (Wildman–Crippen MR) is 254 cm³/mol. The number of aromatic nitrogens is 2. The number of nitrogens with zero attached hydrogens (tertiary/aromatic N) is 3. The van der Waals surface area contributed by atoms with Crippen molar-refractivity contribution in [3.8, 4) is 95.6 Å². The molecule has 0 bridgehead atoms. The molecule has 0 unspecified atom stereocenters. The maximum Gasteiger partial charge on any atom is 0.160 e. The summed E-state index contributed by atoms with van der Waals surface area (Å²) in [4.78, 5) is 10.2. The van der Waals surface area contributed by atoms with Gasteiger partial charge in [0.25, 0.3) is 0 Å². The monoisotopic (exact) mass is 793 g/mol. The van der Waals surface area contributed by atoms with Gasteiger partial charge in [0.15, 0.2) is 5.82 Å². The largest absolute Gasteiger partial charge is 0.228 e. The van der Waals surface area contributed by atoms with Crippen LogP contribution in [-0.2, 0) is 5.41 Å². The number of hydrogen-bond acceptors (Lipinski definition) is 3. The Balaban J connectivity index is 0.863. The second kappa shape index (κ2) is 15.7. The molecule has 294 valence electrons. The zero-order valence-electron chi connectivity index (χ0n) is 34.4. The van der Waals surface area contributed by atoms with E-state index in [-0.39, 0.29) is 5.41 Å². The number of rotatable bonds is 7. The molecule has 62 heavy (non-hydrogen) atoms. The molecule has 0 saturated heterocycles. The first-order chi connectivity index (χ1) is 30.6. The van der Waals surface area contributed by atoms with Crippen LogP contribution in [0.3, 0.4) is 0 Å². The Hall–Kier alpha value is -7.67. The van der Waals surface area contributed by atoms with Crippen molar-refractivity contribution in [2.24, 2.45) is 0 Å². The Morgan fingerprint density at radius 3 is 1.39 bits per heavy atom. The average molecular weight is 794 g/mol. The molecule has 1 aromatic heterocycles. The van der Waals surface area contributed by atoms with Crippen LogP contribution in [0, 0.1) is 11.3 Å². The second-order valence-electron chi connectivity index (χ2n) is 16.8. The van der Waals surface area contributed by atoms with Gasteiger partial charge in [0.05, 0.1) is 23.0 Å². The number of fused-ring (bicyclic) bond motifs is 5. The lowest BCUT2D eigenvalue weighted by Crippen LogP contribution is -2.28. The van der Waals surface area contributed by atoms with Crippen LogP contribution in [-0.4, -0.2) is 9.97 Å². The van der Waals surface area contributed by atoms with Gasteiger partial charge in [-0.2, -0.15) is 5.26 Å². The van der Waals surface area contributed by atoms with Gasteiger partial charge >= 0.3 is 0 Å². The molecule has 0 radical (unpaired) electrons. The summed E-state index contributed by atoms with van der Waals surface area (Å²) in [5.41, 5.74) is 20.5. The van der Waals surface area contributed by atoms with Crippen LogP contribution in [0.2, 0.25) is 0 Å². The molecule has 2 aliphatic rings. The lowest BCUT2D eigenvalue weighted by Gasteiger charge is -2.36. The van der Waals surface area contributed by atoms with E-state index in [9.17, 15) is 5.26 Å². The molecular weight excluding hydrogens is 751 g/mol. The summed E-state index contributed by atoms with van der Waals surface area (Å²) >= 11 is 0. The summed E-state index contributed by atoms with van der Waals surface area (Å²) in [6.07, 6.45) is 6.02. The maximum absolute atomic E-state index is 9.74. The zero-order chi connectivity index (χ0) is 41.5. The zero-order valence-corrected chi connectivity index (χ0v) is 34.4. The van der Waals surface area contributed by atoms with Crippen LogP contribution in [0.1, 0.15) is 48.8 Å². The molecular formula is C59H43N3. The number of nitriles is 1. The lowest BCUT2D eigenvalue weighted by molar-refractivity contribution is 0.353. The van der Waals surface area contributed by atoms with Crippen molar-refractivity contribution in [2.45, 2.75) is 37.5 Å². The molecule has 1 spiro atoms. The van der Waals surface area contributed by atoms with Crippen LogP contribution in [0.5, 0.6) is 0 Å². The molecule has 0 atom stereocenters. The van der Waals surface area contributed by atoms with E-state index < -0.39 is 0 Å². The molecule has 0 N–H and O–H groups in total. The van der Waals surface area contributed by atoms with E-state index in [1.807, 2.05) is 30.3 Å². The van der Waals surface area contributed by atoms with Crippen LogP contribution in [0.15, 0.2) is 200 Å². The Morgan fingerprint density at radius 2 is 0.790 bits per heavy atom. The van der Waals surface area contributed by atoms with Crippen LogP contribution >= 0.6 is 0 Å². The number of hydrogen-bond donors (Lipinski definition) is 0. The summed E-state index contributed by atoms with van der Waals surface area (Å²) in [5, 5.41) is 9.74. The van der Waals surface area contributed by atoms with E-state index >= 15 is 0 Å². The highest BCUT2D eigenvalue weighted by molar-refractivity contribution is 5.85. The standard InChI is InChI=1S/C59H43N3/c60-39-40-17-31-52-53-32-30-50(37-55(53)59(54(52)35-40)33-8-3-9-34-59)46-24-20-44(21-25-46)43-18-22-45(23-19-43)49-15-10-16-51(36-49)57-38-56(61-58(62-57)48-13-6-2-7-14-48)47-28-26-42(27-29-47)41-11-4-1-5-12-41/h1-2,4-7,10-32,35-38H,3,8-9,33-34H2. The fourth-order valence-corrected chi connectivity index (χ4v) is 9.93. The van der Waals surface area contributed by atoms with Gasteiger partial charge in [0.1, 0.15) is 0 Å². The van der Waals surface area contributed by atoms with Gasteiger partial charge in [-0.1, -0.05) is 189 Å². The molecule has 11 rings (SSSR count). The summed E-state index contributed by atoms with van der Waals surface area (Å²) in [6, 6.07) is 73.7. The fraction of sp³-hybridized carbons (Fsp3) is 0.102. The van der Waals surface area contributed by atoms with Gasteiger partial charge < -0.3 is 0 Å². The molecule has 1 saturated carbocycles. The molecule has 1 heterocycles. The van der Waals surface area contributed by atoms with Gasteiger partial charge in [-0.25, -0.2) is 9.97 Å². The van der Waals surface area contributed by atoms with Crippen molar-refractivity contribution >= 4 is 0 Å². The van der Waals surface area contributed by atoms with E-state index in [4.69, 9.17) is 9.97 Å². The van der Waals surface area contributed by atoms with E-state index in [2.05, 4.69) is 176 Å². The first-order valence-corrected chi connectivity index (χ1v) is 21.7. The highest BCUT2D eigenvalue weighted by atomic mass is 14.9. The summed E-state index contributed by atoms with van der Waals surface area (Å²) in [7, 11) is 0. The van der Waals surface area contributed by atoms with Crippen LogP contribution < -0.4 is 0 Å². The van der Waals surface area contributed by atoms with Crippen molar-refractivity contribution in [1.29, 1.82) is 5.26 Å². The predicted octanol–water partition coefficient (Wildman–Crippen LogP) is 15.2. The topological polar surface area (TPSA) is 49.6 Å². The molecule has 0 aliphatic heterocycles. The molecule has 2 aliphatic carbocycles.